The van der Waals surface area contributed by atoms with Gasteiger partial charge < -0.3 is 25.0 Å². The maximum Gasteiger partial charge on any atom is 0.336 e. The molecule has 0 spiro atoms. The molecule has 1 aromatic carbocycles. The van der Waals surface area contributed by atoms with E-state index in [0.29, 0.717) is 46.6 Å². The number of nitrogens with zero attached hydrogens (tertiary/aromatic N) is 4. The van der Waals surface area contributed by atoms with E-state index >= 15 is 0 Å². The lowest BCUT2D eigenvalue weighted by Gasteiger charge is -2.39. The number of nitrogens with one attached hydrogen (secondary N) is 1. The van der Waals surface area contributed by atoms with Crippen LogP contribution < -0.4 is 19.9 Å². The fourth-order valence-electron chi connectivity index (χ4n) is 5.21. The number of aromatic carboxylic acids is 1. The second kappa shape index (κ2) is 8.00. The zero-order valence-electron chi connectivity index (χ0n) is 19.9. The normalized spacial score (nSPS) is 20.4. The summed E-state index contributed by atoms with van der Waals surface area (Å²) in [5.74, 6) is 0.523. The summed E-state index contributed by atoms with van der Waals surface area (Å²) in [7, 11) is 1.74. The van der Waals surface area contributed by atoms with Gasteiger partial charge in [-0.1, -0.05) is 18.9 Å². The summed E-state index contributed by atoms with van der Waals surface area (Å²) in [5.41, 5.74) is 2.30. The van der Waals surface area contributed by atoms with E-state index in [1.54, 1.807) is 30.3 Å². The Morgan fingerprint density at radius 3 is 2.71 bits per heavy atom. The Kier molecular flexibility index (Phi) is 5.22. The van der Waals surface area contributed by atoms with Crippen LogP contribution >= 0.6 is 0 Å². The Balaban J connectivity index is 1.56. The smallest absolute Gasteiger partial charge is 0.336 e. The molecule has 1 aliphatic carbocycles. The van der Waals surface area contributed by atoms with Crippen LogP contribution in [0.3, 0.4) is 0 Å². The van der Waals surface area contributed by atoms with E-state index in [0.717, 1.165) is 25.7 Å². The third kappa shape index (κ3) is 3.55. The molecule has 1 amide bonds. The van der Waals surface area contributed by atoms with Crippen molar-refractivity contribution in [2.24, 2.45) is 0 Å². The number of fused-ring (bicyclic) bond motifs is 2. The highest BCUT2D eigenvalue weighted by molar-refractivity contribution is 6.12. The number of aromatic nitrogens is 2. The SMILES string of the molecule is C/C=C1/C(=O)N(C)c2cnc(Nc3ccc(C(=O)O)c4c3OC(C)(C)C4)nc2N1C1CCCC1. The van der Waals surface area contributed by atoms with E-state index in [-0.39, 0.29) is 17.5 Å². The van der Waals surface area contributed by atoms with E-state index in [4.69, 9.17) is 9.72 Å². The monoisotopic (exact) mass is 463 g/mol. The number of rotatable bonds is 4. The molecule has 2 aliphatic heterocycles. The van der Waals surface area contributed by atoms with Crippen LogP contribution in [0.5, 0.6) is 5.75 Å². The molecule has 0 atom stereocenters. The van der Waals surface area contributed by atoms with Gasteiger partial charge in [-0.3, -0.25) is 4.79 Å². The summed E-state index contributed by atoms with van der Waals surface area (Å²) in [5, 5.41) is 12.9. The molecular weight excluding hydrogens is 434 g/mol. The van der Waals surface area contributed by atoms with Crippen molar-refractivity contribution >= 4 is 35.0 Å². The first-order valence-electron chi connectivity index (χ1n) is 11.7. The average Bonchev–Trinajstić information content (AvgIpc) is 3.43. The summed E-state index contributed by atoms with van der Waals surface area (Å²) in [6, 6.07) is 3.49. The third-order valence-electron chi connectivity index (χ3n) is 6.80. The predicted molar refractivity (Wildman–Crippen MR) is 129 cm³/mol. The van der Waals surface area contributed by atoms with E-state index in [1.807, 2.05) is 26.8 Å². The molecule has 5 rings (SSSR count). The number of hydrogen-bond acceptors (Lipinski definition) is 7. The maximum atomic E-state index is 13.0. The minimum absolute atomic E-state index is 0.0658. The van der Waals surface area contributed by atoms with E-state index in [1.165, 1.54) is 0 Å². The number of ether oxygens (including phenoxy) is 1. The highest BCUT2D eigenvalue weighted by Gasteiger charge is 2.39. The highest BCUT2D eigenvalue weighted by atomic mass is 16.5. The lowest BCUT2D eigenvalue weighted by atomic mass is 9.97. The molecule has 0 unspecified atom stereocenters. The molecule has 178 valence electrons. The molecule has 1 saturated carbocycles. The van der Waals surface area contributed by atoms with Gasteiger partial charge in [0.25, 0.3) is 5.91 Å². The van der Waals surface area contributed by atoms with Crippen LogP contribution in [0, 0.1) is 0 Å². The van der Waals surface area contributed by atoms with Crippen molar-refractivity contribution in [3.63, 3.8) is 0 Å². The second-order valence-electron chi connectivity index (χ2n) is 9.69. The molecule has 3 heterocycles. The number of allylic oxidation sites excluding steroid dienone is 1. The van der Waals surface area contributed by atoms with Crippen molar-refractivity contribution in [1.82, 2.24) is 9.97 Å². The van der Waals surface area contributed by atoms with Crippen molar-refractivity contribution in [3.8, 4) is 5.75 Å². The molecule has 34 heavy (non-hydrogen) atoms. The fourth-order valence-corrected chi connectivity index (χ4v) is 5.21. The predicted octanol–water partition coefficient (Wildman–Crippen LogP) is 4.26. The van der Waals surface area contributed by atoms with Gasteiger partial charge in [0.1, 0.15) is 22.7 Å². The third-order valence-corrected chi connectivity index (χ3v) is 6.80. The van der Waals surface area contributed by atoms with Crippen LogP contribution in [0.1, 0.15) is 62.4 Å². The molecule has 1 fully saturated rings. The lowest BCUT2D eigenvalue weighted by molar-refractivity contribution is -0.115. The summed E-state index contributed by atoms with van der Waals surface area (Å²) in [6.07, 6.45) is 8.28. The molecule has 0 saturated heterocycles. The molecular formula is C25H29N5O4. The molecule has 2 aromatic rings. The number of carboxylic acid groups (broad SMARTS) is 1. The quantitative estimate of drug-likeness (QED) is 0.648. The summed E-state index contributed by atoms with van der Waals surface area (Å²) in [6.45, 7) is 5.74. The van der Waals surface area contributed by atoms with Crippen LogP contribution in [-0.2, 0) is 11.2 Å². The van der Waals surface area contributed by atoms with Crippen molar-refractivity contribution in [2.45, 2.75) is 64.5 Å². The van der Waals surface area contributed by atoms with Gasteiger partial charge in [0.15, 0.2) is 5.82 Å². The van der Waals surface area contributed by atoms with Gasteiger partial charge in [-0.25, -0.2) is 9.78 Å². The van der Waals surface area contributed by atoms with Gasteiger partial charge in [0.2, 0.25) is 5.95 Å². The molecule has 0 radical (unpaired) electrons. The Hall–Kier alpha value is -3.62. The van der Waals surface area contributed by atoms with Gasteiger partial charge in [-0.2, -0.15) is 4.98 Å². The summed E-state index contributed by atoms with van der Waals surface area (Å²) >= 11 is 0. The standard InChI is InChI=1S/C25H29N5O4/c1-5-18-22(31)29(4)19-13-26-24(28-21(19)30(18)14-8-6-7-9-14)27-17-11-10-15(23(32)33)16-12-25(2,3)34-20(16)17/h5,10-11,13-14H,6-9,12H2,1-4H3,(H,32,33)(H,26,27,28)/b18-5-. The zero-order valence-corrected chi connectivity index (χ0v) is 19.9. The number of carboxylic acids is 1. The molecule has 1 aromatic heterocycles. The van der Waals surface area contributed by atoms with Crippen LogP contribution in [0.25, 0.3) is 0 Å². The number of hydrogen-bond donors (Lipinski definition) is 2. The van der Waals surface area contributed by atoms with E-state index in [2.05, 4.69) is 15.2 Å². The van der Waals surface area contributed by atoms with E-state index < -0.39 is 11.6 Å². The number of benzene rings is 1. The highest BCUT2D eigenvalue weighted by Crippen LogP contribution is 2.44. The Bertz CT molecular complexity index is 1220. The maximum absolute atomic E-state index is 13.0. The first-order valence-corrected chi connectivity index (χ1v) is 11.7. The number of carbonyl (C=O) groups is 2. The fraction of sp³-hybridized carbons (Fsp3) is 0.440. The first-order chi connectivity index (χ1) is 16.2. The summed E-state index contributed by atoms with van der Waals surface area (Å²) < 4.78 is 6.12. The Morgan fingerprint density at radius 2 is 2.03 bits per heavy atom. The molecule has 3 aliphatic rings. The van der Waals surface area contributed by atoms with Crippen LogP contribution in [0.2, 0.25) is 0 Å². The Morgan fingerprint density at radius 1 is 1.29 bits per heavy atom. The van der Waals surface area contributed by atoms with Crippen molar-refractivity contribution in [1.29, 1.82) is 0 Å². The molecule has 9 nitrogen and oxygen atoms in total. The van der Waals surface area contributed by atoms with Crippen molar-refractivity contribution in [3.05, 3.63) is 41.2 Å². The van der Waals surface area contributed by atoms with Gasteiger partial charge >= 0.3 is 5.97 Å². The topological polar surface area (TPSA) is 108 Å². The van der Waals surface area contributed by atoms with Gasteiger partial charge in [-0.05, 0) is 45.7 Å². The zero-order chi connectivity index (χ0) is 24.2. The van der Waals surface area contributed by atoms with Gasteiger partial charge in [0.05, 0.1) is 17.4 Å². The minimum Gasteiger partial charge on any atom is -0.485 e. The van der Waals surface area contributed by atoms with Gasteiger partial charge in [0, 0.05) is 25.1 Å². The van der Waals surface area contributed by atoms with Crippen molar-refractivity contribution in [2.75, 3.05) is 22.2 Å². The van der Waals surface area contributed by atoms with E-state index in [9.17, 15) is 14.7 Å². The van der Waals surface area contributed by atoms with Crippen LogP contribution in [0.15, 0.2) is 30.1 Å². The number of amides is 1. The first kappa shape index (κ1) is 22.2. The van der Waals surface area contributed by atoms with Crippen LogP contribution in [0.4, 0.5) is 23.1 Å². The summed E-state index contributed by atoms with van der Waals surface area (Å²) in [4.78, 5) is 37.7. The molecule has 9 heteroatoms. The number of likely N-dealkylation sites (N-methyl/N-ethyl adjacent to an activating group) is 1. The number of anilines is 4. The van der Waals surface area contributed by atoms with Gasteiger partial charge in [-0.15, -0.1) is 0 Å². The lowest BCUT2D eigenvalue weighted by Crippen LogP contribution is -2.46. The van der Waals surface area contributed by atoms with Crippen molar-refractivity contribution < 1.29 is 19.4 Å². The van der Waals surface area contributed by atoms with Crippen LogP contribution in [-0.4, -0.2) is 45.6 Å². The Labute approximate surface area is 198 Å². The molecule has 2 N–H and O–H groups in total. The average molecular weight is 464 g/mol. The minimum atomic E-state index is -0.979. The number of carbonyl (C=O) groups excluding carboxylic acids is 1. The molecule has 0 bridgehead atoms. The largest absolute Gasteiger partial charge is 0.485 e. The second-order valence-corrected chi connectivity index (χ2v) is 9.69.